The minimum atomic E-state index is -0.180. The Bertz CT molecular complexity index is 782. The van der Waals surface area contributed by atoms with E-state index >= 15 is 0 Å². The van der Waals surface area contributed by atoms with Crippen LogP contribution in [-0.2, 0) is 4.79 Å². The molecule has 3 rings (SSSR count). The van der Waals surface area contributed by atoms with Gasteiger partial charge in [0.25, 0.3) is 11.1 Å². The van der Waals surface area contributed by atoms with Gasteiger partial charge in [0.05, 0.1) is 4.91 Å². The molecule has 0 radical (unpaired) electrons. The van der Waals surface area contributed by atoms with Crippen molar-refractivity contribution in [3.8, 4) is 0 Å². The number of nitrogens with zero attached hydrogens (tertiary/aromatic N) is 2. The lowest BCUT2D eigenvalue weighted by atomic mass is 9.79. The van der Waals surface area contributed by atoms with Crippen molar-refractivity contribution >= 4 is 34.7 Å². The fraction of sp³-hybridized carbons (Fsp3) is 0.500. The summed E-state index contributed by atoms with van der Waals surface area (Å²) in [6, 6.07) is 4.41. The molecular weight excluding hydrogens is 332 g/mol. The van der Waals surface area contributed by atoms with Crippen LogP contribution in [-0.4, -0.2) is 35.2 Å². The number of hydrogen-bond acceptors (Lipinski definition) is 4. The fourth-order valence-electron chi connectivity index (χ4n) is 3.80. The van der Waals surface area contributed by atoms with Crippen LogP contribution in [0.2, 0.25) is 0 Å². The van der Waals surface area contributed by atoms with Crippen LogP contribution < -0.4 is 4.90 Å². The predicted molar refractivity (Wildman–Crippen MR) is 105 cm³/mol. The van der Waals surface area contributed by atoms with Gasteiger partial charge in [0.15, 0.2) is 0 Å². The Morgan fingerprint density at radius 3 is 2.60 bits per heavy atom. The number of fused-ring (bicyclic) bond motifs is 1. The number of carbonyl (C=O) groups is 2. The van der Waals surface area contributed by atoms with Crippen LogP contribution in [0.4, 0.5) is 10.5 Å². The molecule has 2 aliphatic rings. The van der Waals surface area contributed by atoms with Gasteiger partial charge < -0.3 is 4.90 Å². The predicted octanol–water partition coefficient (Wildman–Crippen LogP) is 4.77. The van der Waals surface area contributed by atoms with Gasteiger partial charge in [-0.1, -0.05) is 6.92 Å². The number of benzene rings is 1. The Kier molecular flexibility index (Phi) is 4.48. The minimum Gasteiger partial charge on any atom is -0.369 e. The summed E-state index contributed by atoms with van der Waals surface area (Å²) in [5, 5.41) is -0.177. The van der Waals surface area contributed by atoms with Crippen LogP contribution >= 0.6 is 11.8 Å². The lowest BCUT2D eigenvalue weighted by Gasteiger charge is -2.45. The van der Waals surface area contributed by atoms with Crippen molar-refractivity contribution in [2.75, 3.05) is 18.5 Å². The van der Waals surface area contributed by atoms with Gasteiger partial charge in [-0.2, -0.15) is 0 Å². The summed E-state index contributed by atoms with van der Waals surface area (Å²) in [6.45, 7) is 11.1. The van der Waals surface area contributed by atoms with Gasteiger partial charge in [-0.05, 0) is 86.7 Å². The number of rotatable bonds is 2. The first-order valence-electron chi connectivity index (χ1n) is 8.79. The minimum absolute atomic E-state index is 0.129. The maximum Gasteiger partial charge on any atom is 0.293 e. The highest BCUT2D eigenvalue weighted by molar-refractivity contribution is 8.18. The number of anilines is 1. The molecule has 1 aromatic rings. The fourth-order valence-corrected chi connectivity index (χ4v) is 4.70. The van der Waals surface area contributed by atoms with Crippen molar-refractivity contribution in [1.29, 1.82) is 0 Å². The Morgan fingerprint density at radius 2 is 2.00 bits per heavy atom. The topological polar surface area (TPSA) is 40.6 Å². The molecule has 0 N–H and O–H groups in total. The number of hydrogen-bond donors (Lipinski definition) is 0. The van der Waals surface area contributed by atoms with E-state index in [0.717, 1.165) is 29.3 Å². The summed E-state index contributed by atoms with van der Waals surface area (Å²) in [5.41, 5.74) is 4.86. The first-order valence-corrected chi connectivity index (χ1v) is 9.61. The Morgan fingerprint density at radius 1 is 1.32 bits per heavy atom. The molecule has 1 fully saturated rings. The lowest BCUT2D eigenvalue weighted by molar-refractivity contribution is -0.122. The van der Waals surface area contributed by atoms with Crippen molar-refractivity contribution in [3.63, 3.8) is 0 Å². The molecule has 4 nitrogen and oxygen atoms in total. The van der Waals surface area contributed by atoms with Crippen molar-refractivity contribution in [3.05, 3.63) is 33.7 Å². The van der Waals surface area contributed by atoms with Gasteiger partial charge in [0.2, 0.25) is 0 Å². The van der Waals surface area contributed by atoms with Crippen LogP contribution in [0, 0.1) is 6.92 Å². The zero-order valence-electron chi connectivity index (χ0n) is 15.8. The Hall–Kier alpha value is -1.75. The molecule has 5 heteroatoms. The number of aryl methyl sites for hydroxylation is 1. The maximum absolute atomic E-state index is 12.4. The van der Waals surface area contributed by atoms with E-state index < -0.39 is 0 Å². The first kappa shape index (κ1) is 18.1. The molecule has 0 aliphatic carbocycles. The molecule has 2 heterocycles. The van der Waals surface area contributed by atoms with Crippen LogP contribution in [0.1, 0.15) is 56.7 Å². The second-order valence-corrected chi connectivity index (χ2v) is 8.66. The van der Waals surface area contributed by atoms with E-state index in [-0.39, 0.29) is 16.7 Å². The molecule has 25 heavy (non-hydrogen) atoms. The second kappa shape index (κ2) is 6.20. The summed E-state index contributed by atoms with van der Waals surface area (Å²) in [5.74, 6) is 0.278. The average molecular weight is 359 g/mol. The molecule has 0 aromatic heterocycles. The molecule has 1 atom stereocenters. The molecular formula is C20H26N2O2S. The van der Waals surface area contributed by atoms with E-state index in [4.69, 9.17) is 0 Å². The van der Waals surface area contributed by atoms with Crippen LogP contribution in [0.25, 0.3) is 6.08 Å². The third kappa shape index (κ3) is 2.99. The SMILES string of the molecule is CCN1C(=O)S/C(=C\c2cc3c(cc2C)N(C)C(C)(C)C[C@@H]3C)C1=O. The summed E-state index contributed by atoms with van der Waals surface area (Å²) in [7, 11) is 2.15. The quantitative estimate of drug-likeness (QED) is 0.714. The number of amides is 2. The summed E-state index contributed by atoms with van der Waals surface area (Å²) < 4.78 is 0. The molecule has 0 unspecified atom stereocenters. The molecule has 134 valence electrons. The molecule has 0 bridgehead atoms. The van der Waals surface area contributed by atoms with Gasteiger partial charge >= 0.3 is 0 Å². The van der Waals surface area contributed by atoms with E-state index in [2.05, 4.69) is 51.8 Å². The average Bonchev–Trinajstić information content (AvgIpc) is 2.79. The van der Waals surface area contributed by atoms with Crippen molar-refractivity contribution in [1.82, 2.24) is 4.90 Å². The number of carbonyl (C=O) groups excluding carboxylic acids is 2. The van der Waals surface area contributed by atoms with E-state index in [1.807, 2.05) is 13.0 Å². The molecule has 2 aliphatic heterocycles. The zero-order valence-corrected chi connectivity index (χ0v) is 16.7. The van der Waals surface area contributed by atoms with Crippen LogP contribution in [0.3, 0.4) is 0 Å². The third-order valence-electron chi connectivity index (χ3n) is 5.50. The number of likely N-dealkylation sites (N-methyl/N-ethyl adjacent to an activating group) is 1. The lowest BCUT2D eigenvalue weighted by Crippen LogP contribution is -2.45. The maximum atomic E-state index is 12.4. The highest BCUT2D eigenvalue weighted by atomic mass is 32.2. The smallest absolute Gasteiger partial charge is 0.293 e. The van der Waals surface area contributed by atoms with Gasteiger partial charge in [-0.15, -0.1) is 0 Å². The van der Waals surface area contributed by atoms with E-state index in [9.17, 15) is 9.59 Å². The van der Waals surface area contributed by atoms with Crippen molar-refractivity contribution < 1.29 is 9.59 Å². The molecule has 1 saturated heterocycles. The van der Waals surface area contributed by atoms with E-state index in [0.29, 0.717) is 17.4 Å². The van der Waals surface area contributed by atoms with Gasteiger partial charge in [0, 0.05) is 24.8 Å². The largest absolute Gasteiger partial charge is 0.369 e. The second-order valence-electron chi connectivity index (χ2n) is 7.67. The molecule has 0 saturated carbocycles. The molecule has 2 amide bonds. The Labute approximate surface area is 154 Å². The van der Waals surface area contributed by atoms with Gasteiger partial charge in [-0.3, -0.25) is 14.5 Å². The number of thioether (sulfide) groups is 1. The standard InChI is InChI=1S/C20H26N2O2S/c1-7-22-18(23)17(25-19(22)24)10-14-9-15-13(3)11-20(4,5)21(6)16(15)8-12(14)2/h8-10,13H,7,11H2,1-6H3/b17-10-/t13-/m0/s1. The summed E-state index contributed by atoms with van der Waals surface area (Å²) in [6.07, 6.45) is 2.97. The van der Waals surface area contributed by atoms with E-state index in [1.54, 1.807) is 0 Å². The monoisotopic (exact) mass is 358 g/mol. The van der Waals surface area contributed by atoms with E-state index in [1.165, 1.54) is 16.2 Å². The molecule has 0 spiro atoms. The zero-order chi connectivity index (χ0) is 18.5. The highest BCUT2D eigenvalue weighted by Crippen LogP contribution is 2.44. The number of imide groups is 1. The summed E-state index contributed by atoms with van der Waals surface area (Å²) in [4.78, 5) is 28.4. The van der Waals surface area contributed by atoms with Crippen molar-refractivity contribution in [2.45, 2.75) is 52.5 Å². The van der Waals surface area contributed by atoms with Crippen LogP contribution in [0.5, 0.6) is 0 Å². The van der Waals surface area contributed by atoms with Gasteiger partial charge in [0.1, 0.15) is 0 Å². The first-order chi connectivity index (χ1) is 11.7. The van der Waals surface area contributed by atoms with Gasteiger partial charge in [-0.25, -0.2) is 0 Å². The highest BCUT2D eigenvalue weighted by Gasteiger charge is 2.36. The summed E-state index contributed by atoms with van der Waals surface area (Å²) >= 11 is 1.04. The normalized spacial score (nSPS) is 24.2. The van der Waals surface area contributed by atoms with Crippen molar-refractivity contribution in [2.24, 2.45) is 0 Å². The third-order valence-corrected chi connectivity index (χ3v) is 6.41. The van der Waals surface area contributed by atoms with Crippen LogP contribution in [0.15, 0.2) is 17.0 Å². The Balaban J connectivity index is 2.04. The molecule has 1 aromatic carbocycles.